The van der Waals surface area contributed by atoms with Crippen LogP contribution in [0.1, 0.15) is 24.2 Å². The van der Waals surface area contributed by atoms with Gasteiger partial charge in [-0.05, 0) is 43.6 Å². The van der Waals surface area contributed by atoms with Crippen molar-refractivity contribution in [3.05, 3.63) is 48.2 Å². The molecule has 19 heavy (non-hydrogen) atoms. The highest BCUT2D eigenvalue weighted by molar-refractivity contribution is 5.44. The second-order valence-electron chi connectivity index (χ2n) is 5.00. The number of likely N-dealkylation sites (tertiary alicyclic amines) is 1. The first-order chi connectivity index (χ1) is 9.40. The first-order valence-electron chi connectivity index (χ1n) is 6.83. The van der Waals surface area contributed by atoms with E-state index in [0.717, 1.165) is 18.0 Å². The minimum absolute atomic E-state index is 0.672. The van der Waals surface area contributed by atoms with Gasteiger partial charge in [-0.3, -0.25) is 4.90 Å². The molecule has 1 saturated heterocycles. The van der Waals surface area contributed by atoms with E-state index in [0.29, 0.717) is 6.54 Å². The highest BCUT2D eigenvalue weighted by Gasteiger charge is 2.11. The van der Waals surface area contributed by atoms with Gasteiger partial charge in [0.05, 0.1) is 12.7 Å². The fraction of sp³-hybridized carbons (Fsp3) is 0.400. The van der Waals surface area contributed by atoms with Crippen molar-refractivity contribution in [2.45, 2.75) is 25.9 Å². The lowest BCUT2D eigenvalue weighted by Crippen LogP contribution is -2.18. The fourth-order valence-electron chi connectivity index (χ4n) is 2.45. The molecule has 4 heteroatoms. The van der Waals surface area contributed by atoms with Crippen molar-refractivity contribution in [3.8, 4) is 0 Å². The summed E-state index contributed by atoms with van der Waals surface area (Å²) in [5.74, 6) is 0.848. The van der Waals surface area contributed by atoms with Crippen LogP contribution < -0.4 is 5.32 Å². The minimum atomic E-state index is 0.672. The highest BCUT2D eigenvalue weighted by Crippen LogP contribution is 2.15. The average molecular weight is 257 g/mol. The van der Waals surface area contributed by atoms with Gasteiger partial charge in [0.1, 0.15) is 5.76 Å². The van der Waals surface area contributed by atoms with Crippen LogP contribution in [0.4, 0.5) is 5.69 Å². The summed E-state index contributed by atoms with van der Waals surface area (Å²) in [4.78, 5) is 6.40. The van der Waals surface area contributed by atoms with E-state index in [1.165, 1.54) is 37.9 Å². The van der Waals surface area contributed by atoms with Crippen LogP contribution in [0.15, 0.2) is 41.3 Å². The molecule has 1 fully saturated rings. The van der Waals surface area contributed by atoms with Crippen molar-refractivity contribution in [1.82, 2.24) is 9.88 Å². The second-order valence-corrected chi connectivity index (χ2v) is 5.00. The SMILES string of the molecule is c1ncc(CNc2ccc(CN3CCCC3)cc2)o1. The number of benzene rings is 1. The lowest BCUT2D eigenvalue weighted by atomic mass is 10.2. The van der Waals surface area contributed by atoms with E-state index in [1.54, 1.807) is 6.20 Å². The van der Waals surface area contributed by atoms with Crippen molar-refractivity contribution < 1.29 is 4.42 Å². The number of nitrogens with zero attached hydrogens (tertiary/aromatic N) is 2. The average Bonchev–Trinajstić information content (AvgIpc) is 3.11. The maximum absolute atomic E-state index is 5.19. The van der Waals surface area contributed by atoms with Gasteiger partial charge in [0.15, 0.2) is 6.39 Å². The molecule has 2 heterocycles. The Labute approximate surface area is 113 Å². The van der Waals surface area contributed by atoms with Crippen molar-refractivity contribution in [2.75, 3.05) is 18.4 Å². The van der Waals surface area contributed by atoms with E-state index in [4.69, 9.17) is 4.42 Å². The Morgan fingerprint density at radius 2 is 1.95 bits per heavy atom. The minimum Gasteiger partial charge on any atom is -0.447 e. The lowest BCUT2D eigenvalue weighted by molar-refractivity contribution is 0.331. The standard InChI is InChI=1S/C15H19N3O/c1-2-8-18(7-1)11-13-3-5-14(6-4-13)17-10-15-9-16-12-19-15/h3-6,9,12,17H,1-2,7-8,10-11H2. The molecule has 4 nitrogen and oxygen atoms in total. The Morgan fingerprint density at radius 3 is 2.63 bits per heavy atom. The molecule has 2 aromatic rings. The number of hydrogen-bond donors (Lipinski definition) is 1. The molecule has 1 aromatic heterocycles. The number of aromatic nitrogens is 1. The molecular weight excluding hydrogens is 238 g/mol. The Bertz CT molecular complexity index is 487. The molecular formula is C15H19N3O. The van der Waals surface area contributed by atoms with Gasteiger partial charge in [-0.1, -0.05) is 12.1 Å². The van der Waals surface area contributed by atoms with Crippen LogP contribution >= 0.6 is 0 Å². The first-order valence-corrected chi connectivity index (χ1v) is 6.83. The lowest BCUT2D eigenvalue weighted by Gasteiger charge is -2.14. The number of nitrogens with one attached hydrogen (secondary N) is 1. The monoisotopic (exact) mass is 257 g/mol. The number of oxazole rings is 1. The number of anilines is 1. The summed E-state index contributed by atoms with van der Waals surface area (Å²) in [5.41, 5.74) is 2.49. The van der Waals surface area contributed by atoms with E-state index in [2.05, 4.69) is 39.5 Å². The summed E-state index contributed by atoms with van der Waals surface area (Å²) in [7, 11) is 0. The molecule has 0 radical (unpaired) electrons. The topological polar surface area (TPSA) is 41.3 Å². The summed E-state index contributed by atoms with van der Waals surface area (Å²) in [6.45, 7) is 4.23. The number of rotatable bonds is 5. The molecule has 1 N–H and O–H groups in total. The highest BCUT2D eigenvalue weighted by atomic mass is 16.3. The van der Waals surface area contributed by atoms with Crippen LogP contribution in [0.3, 0.4) is 0 Å². The van der Waals surface area contributed by atoms with Crippen LogP contribution in [-0.2, 0) is 13.1 Å². The third-order valence-corrected chi connectivity index (χ3v) is 3.51. The molecule has 3 rings (SSSR count). The molecule has 1 aliphatic heterocycles. The third-order valence-electron chi connectivity index (χ3n) is 3.51. The zero-order valence-corrected chi connectivity index (χ0v) is 11.0. The molecule has 0 aliphatic carbocycles. The normalized spacial score (nSPS) is 15.8. The maximum Gasteiger partial charge on any atom is 0.180 e. The molecule has 1 aliphatic rings. The van der Waals surface area contributed by atoms with Gasteiger partial charge < -0.3 is 9.73 Å². The fourth-order valence-corrected chi connectivity index (χ4v) is 2.45. The van der Waals surface area contributed by atoms with E-state index in [9.17, 15) is 0 Å². The van der Waals surface area contributed by atoms with Crippen LogP contribution in [0.2, 0.25) is 0 Å². The van der Waals surface area contributed by atoms with Gasteiger partial charge in [-0.15, -0.1) is 0 Å². The molecule has 0 amide bonds. The Morgan fingerprint density at radius 1 is 1.16 bits per heavy atom. The molecule has 0 saturated carbocycles. The summed E-state index contributed by atoms with van der Waals surface area (Å²) in [6.07, 6.45) is 5.87. The summed E-state index contributed by atoms with van der Waals surface area (Å²) in [5, 5.41) is 3.32. The zero-order valence-electron chi connectivity index (χ0n) is 11.0. The largest absolute Gasteiger partial charge is 0.447 e. The molecule has 0 bridgehead atoms. The van der Waals surface area contributed by atoms with Crippen molar-refractivity contribution in [2.24, 2.45) is 0 Å². The molecule has 0 unspecified atom stereocenters. The predicted molar refractivity (Wildman–Crippen MR) is 74.8 cm³/mol. The van der Waals surface area contributed by atoms with E-state index < -0.39 is 0 Å². The van der Waals surface area contributed by atoms with Gasteiger partial charge in [0.25, 0.3) is 0 Å². The summed E-state index contributed by atoms with van der Waals surface area (Å²) < 4.78 is 5.19. The predicted octanol–water partition coefficient (Wildman–Crippen LogP) is 2.88. The van der Waals surface area contributed by atoms with Crippen molar-refractivity contribution in [3.63, 3.8) is 0 Å². The molecule has 1 aromatic carbocycles. The second kappa shape index (κ2) is 5.89. The third kappa shape index (κ3) is 3.35. The van der Waals surface area contributed by atoms with Crippen molar-refractivity contribution >= 4 is 5.69 Å². The van der Waals surface area contributed by atoms with Gasteiger partial charge in [0, 0.05) is 12.2 Å². The van der Waals surface area contributed by atoms with Crippen molar-refractivity contribution in [1.29, 1.82) is 0 Å². The van der Waals surface area contributed by atoms with Gasteiger partial charge in [-0.2, -0.15) is 0 Å². The Balaban J connectivity index is 1.53. The summed E-state index contributed by atoms with van der Waals surface area (Å²) >= 11 is 0. The van der Waals surface area contributed by atoms with Gasteiger partial charge >= 0.3 is 0 Å². The quantitative estimate of drug-likeness (QED) is 0.894. The Kier molecular flexibility index (Phi) is 3.79. The van der Waals surface area contributed by atoms with E-state index >= 15 is 0 Å². The van der Waals surface area contributed by atoms with Crippen LogP contribution in [-0.4, -0.2) is 23.0 Å². The summed E-state index contributed by atoms with van der Waals surface area (Å²) in [6, 6.07) is 8.64. The van der Waals surface area contributed by atoms with E-state index in [-0.39, 0.29) is 0 Å². The molecule has 0 atom stereocenters. The maximum atomic E-state index is 5.19. The van der Waals surface area contributed by atoms with Crippen LogP contribution in [0, 0.1) is 0 Å². The zero-order chi connectivity index (χ0) is 12.9. The number of hydrogen-bond acceptors (Lipinski definition) is 4. The van der Waals surface area contributed by atoms with E-state index in [1.807, 2.05) is 0 Å². The van der Waals surface area contributed by atoms with Gasteiger partial charge in [0.2, 0.25) is 0 Å². The first kappa shape index (κ1) is 12.2. The van der Waals surface area contributed by atoms with Crippen LogP contribution in [0.25, 0.3) is 0 Å². The van der Waals surface area contributed by atoms with Gasteiger partial charge in [-0.25, -0.2) is 4.98 Å². The van der Waals surface area contributed by atoms with Crippen LogP contribution in [0.5, 0.6) is 0 Å². The smallest absolute Gasteiger partial charge is 0.180 e. The molecule has 100 valence electrons. The molecule has 0 spiro atoms. The Hall–Kier alpha value is -1.81.